The van der Waals surface area contributed by atoms with Crippen LogP contribution in [0.4, 0.5) is 13.2 Å². The van der Waals surface area contributed by atoms with E-state index in [2.05, 4.69) is 0 Å². The number of hydrogen-bond acceptors (Lipinski definition) is 3. The van der Waals surface area contributed by atoms with Crippen molar-refractivity contribution in [3.8, 4) is 0 Å². The Labute approximate surface area is 143 Å². The third kappa shape index (κ3) is 4.94. The van der Waals surface area contributed by atoms with E-state index in [0.717, 1.165) is 12.1 Å². The molecule has 1 aliphatic rings. The second-order valence-electron chi connectivity index (χ2n) is 5.96. The van der Waals surface area contributed by atoms with E-state index in [1.54, 1.807) is 6.92 Å². The molecule has 2 atom stereocenters. The SMILES string of the molecule is CC[C@@H](C(=O)N1CCO[C@@H](CC(=O)O)C1)c1cccc(C(F)(F)F)c1. The number of carbonyl (C=O) groups excluding carboxylic acids is 1. The zero-order valence-electron chi connectivity index (χ0n) is 13.8. The Hall–Kier alpha value is -2.09. The van der Waals surface area contributed by atoms with Gasteiger partial charge in [-0.3, -0.25) is 9.59 Å². The number of alkyl halides is 3. The van der Waals surface area contributed by atoms with Crippen molar-refractivity contribution in [2.75, 3.05) is 19.7 Å². The molecule has 1 fully saturated rings. The molecule has 0 unspecified atom stereocenters. The lowest BCUT2D eigenvalue weighted by molar-refractivity contribution is -0.148. The number of carbonyl (C=O) groups is 2. The van der Waals surface area contributed by atoms with Crippen molar-refractivity contribution in [1.29, 1.82) is 0 Å². The molecule has 138 valence electrons. The number of rotatable bonds is 5. The topological polar surface area (TPSA) is 66.8 Å². The molecule has 1 aliphatic heterocycles. The molecule has 25 heavy (non-hydrogen) atoms. The van der Waals surface area contributed by atoms with Crippen LogP contribution < -0.4 is 0 Å². The zero-order chi connectivity index (χ0) is 18.6. The predicted octanol–water partition coefficient (Wildman–Crippen LogP) is 2.90. The lowest BCUT2D eigenvalue weighted by Crippen LogP contribution is -2.47. The first-order valence-corrected chi connectivity index (χ1v) is 8.01. The zero-order valence-corrected chi connectivity index (χ0v) is 13.8. The number of aliphatic carboxylic acids is 1. The first-order chi connectivity index (χ1) is 11.7. The van der Waals surface area contributed by atoms with E-state index in [1.807, 2.05) is 0 Å². The second-order valence-corrected chi connectivity index (χ2v) is 5.96. The van der Waals surface area contributed by atoms with Crippen LogP contribution in [-0.2, 0) is 20.5 Å². The molecule has 8 heteroatoms. The summed E-state index contributed by atoms with van der Waals surface area (Å²) in [5.41, 5.74) is -0.481. The molecule has 1 aromatic carbocycles. The fraction of sp³-hybridized carbons (Fsp3) is 0.529. The van der Waals surface area contributed by atoms with Crippen molar-refractivity contribution in [3.63, 3.8) is 0 Å². The summed E-state index contributed by atoms with van der Waals surface area (Å²) in [6, 6.07) is 4.77. The van der Waals surface area contributed by atoms with Crippen LogP contribution in [0.2, 0.25) is 0 Å². The average Bonchev–Trinajstić information content (AvgIpc) is 2.54. The number of amides is 1. The largest absolute Gasteiger partial charge is 0.481 e. The predicted molar refractivity (Wildman–Crippen MR) is 83.0 cm³/mol. The maximum absolute atomic E-state index is 12.9. The van der Waals surface area contributed by atoms with Gasteiger partial charge in [-0.25, -0.2) is 0 Å². The Kier molecular flexibility index (Phi) is 6.05. The van der Waals surface area contributed by atoms with Crippen molar-refractivity contribution >= 4 is 11.9 Å². The molecule has 0 saturated carbocycles. The summed E-state index contributed by atoms with van der Waals surface area (Å²) in [5.74, 6) is -2.03. The molecule has 1 amide bonds. The maximum atomic E-state index is 12.9. The Morgan fingerprint density at radius 1 is 1.40 bits per heavy atom. The Bertz CT molecular complexity index is 633. The van der Waals surface area contributed by atoms with Crippen LogP contribution in [0, 0.1) is 0 Å². The van der Waals surface area contributed by atoms with E-state index in [1.165, 1.54) is 17.0 Å². The van der Waals surface area contributed by atoms with Gasteiger partial charge >= 0.3 is 12.1 Å². The lowest BCUT2D eigenvalue weighted by Gasteiger charge is -2.34. The van der Waals surface area contributed by atoms with Crippen molar-refractivity contribution < 1.29 is 32.6 Å². The van der Waals surface area contributed by atoms with E-state index in [0.29, 0.717) is 18.5 Å². The Balaban J connectivity index is 2.17. The molecule has 0 aliphatic carbocycles. The van der Waals surface area contributed by atoms with Gasteiger partial charge in [-0.05, 0) is 18.1 Å². The molecule has 0 aromatic heterocycles. The molecule has 0 spiro atoms. The van der Waals surface area contributed by atoms with Gasteiger partial charge in [-0.2, -0.15) is 13.2 Å². The van der Waals surface area contributed by atoms with Gasteiger partial charge in [0.05, 0.1) is 30.6 Å². The minimum absolute atomic E-state index is 0.126. The number of carboxylic acid groups (broad SMARTS) is 1. The lowest BCUT2D eigenvalue weighted by atomic mass is 9.93. The molecule has 2 rings (SSSR count). The summed E-state index contributed by atoms with van der Waals surface area (Å²) in [5, 5.41) is 8.84. The van der Waals surface area contributed by atoms with Gasteiger partial charge in [0.15, 0.2) is 0 Å². The molecular formula is C17H20F3NO4. The van der Waals surface area contributed by atoms with Gasteiger partial charge in [0.2, 0.25) is 5.91 Å². The van der Waals surface area contributed by atoms with Crippen LogP contribution in [0.1, 0.15) is 36.8 Å². The van der Waals surface area contributed by atoms with Gasteiger partial charge in [0.1, 0.15) is 0 Å². The van der Waals surface area contributed by atoms with Crippen molar-refractivity contribution in [3.05, 3.63) is 35.4 Å². The van der Waals surface area contributed by atoms with Gasteiger partial charge in [-0.1, -0.05) is 25.1 Å². The standard InChI is InChI=1S/C17H20F3NO4/c1-2-14(11-4-3-5-12(8-11)17(18,19)20)16(24)21-6-7-25-13(10-21)9-15(22)23/h3-5,8,13-14H,2,6-7,9-10H2,1H3,(H,22,23)/t13-,14+/m0/s1. The highest BCUT2D eigenvalue weighted by molar-refractivity contribution is 5.84. The fourth-order valence-corrected chi connectivity index (χ4v) is 2.94. The van der Waals surface area contributed by atoms with Crippen LogP contribution in [-0.4, -0.2) is 47.7 Å². The first-order valence-electron chi connectivity index (χ1n) is 8.01. The van der Waals surface area contributed by atoms with Crippen molar-refractivity contribution in [1.82, 2.24) is 4.90 Å². The number of carboxylic acids is 1. The smallest absolute Gasteiger partial charge is 0.416 e. The molecular weight excluding hydrogens is 339 g/mol. The summed E-state index contributed by atoms with van der Waals surface area (Å²) in [6.07, 6.45) is -4.94. The Morgan fingerprint density at radius 3 is 2.72 bits per heavy atom. The van der Waals surface area contributed by atoms with Crippen molar-refractivity contribution in [2.24, 2.45) is 0 Å². The third-order valence-corrected chi connectivity index (χ3v) is 4.18. The van der Waals surface area contributed by atoms with Gasteiger partial charge < -0.3 is 14.7 Å². The monoisotopic (exact) mass is 359 g/mol. The van der Waals surface area contributed by atoms with E-state index in [4.69, 9.17) is 9.84 Å². The summed E-state index contributed by atoms with van der Waals surface area (Å²) < 4.78 is 44.0. The molecule has 1 saturated heterocycles. The fourth-order valence-electron chi connectivity index (χ4n) is 2.94. The van der Waals surface area contributed by atoms with Crippen LogP contribution in [0.15, 0.2) is 24.3 Å². The van der Waals surface area contributed by atoms with E-state index in [-0.39, 0.29) is 25.5 Å². The normalized spacial score (nSPS) is 19.5. The highest BCUT2D eigenvalue weighted by Gasteiger charge is 2.33. The van der Waals surface area contributed by atoms with Gasteiger partial charge in [0, 0.05) is 13.1 Å². The second kappa shape index (κ2) is 7.86. The molecule has 5 nitrogen and oxygen atoms in total. The van der Waals surface area contributed by atoms with E-state index in [9.17, 15) is 22.8 Å². The molecule has 1 N–H and O–H groups in total. The van der Waals surface area contributed by atoms with E-state index < -0.39 is 29.7 Å². The van der Waals surface area contributed by atoms with Gasteiger partial charge in [-0.15, -0.1) is 0 Å². The number of nitrogens with zero attached hydrogens (tertiary/aromatic N) is 1. The van der Waals surface area contributed by atoms with Crippen LogP contribution in [0.3, 0.4) is 0 Å². The van der Waals surface area contributed by atoms with Gasteiger partial charge in [0.25, 0.3) is 0 Å². The molecule has 0 radical (unpaired) electrons. The average molecular weight is 359 g/mol. The number of hydrogen-bond donors (Lipinski definition) is 1. The first kappa shape index (κ1) is 19.2. The number of benzene rings is 1. The highest BCUT2D eigenvalue weighted by Crippen LogP contribution is 2.32. The molecule has 1 aromatic rings. The molecule has 1 heterocycles. The summed E-state index contributed by atoms with van der Waals surface area (Å²) in [4.78, 5) is 25.0. The maximum Gasteiger partial charge on any atom is 0.416 e. The summed E-state index contributed by atoms with van der Waals surface area (Å²) in [7, 11) is 0. The number of halogens is 3. The minimum Gasteiger partial charge on any atom is -0.481 e. The summed E-state index contributed by atoms with van der Waals surface area (Å²) in [6.45, 7) is 2.37. The minimum atomic E-state index is -4.47. The Morgan fingerprint density at radius 2 is 2.12 bits per heavy atom. The van der Waals surface area contributed by atoms with Crippen LogP contribution in [0.5, 0.6) is 0 Å². The quantitative estimate of drug-likeness (QED) is 0.878. The third-order valence-electron chi connectivity index (χ3n) is 4.18. The summed E-state index contributed by atoms with van der Waals surface area (Å²) >= 11 is 0. The van der Waals surface area contributed by atoms with Crippen LogP contribution >= 0.6 is 0 Å². The van der Waals surface area contributed by atoms with Crippen LogP contribution in [0.25, 0.3) is 0 Å². The number of morpholine rings is 1. The van der Waals surface area contributed by atoms with E-state index >= 15 is 0 Å². The molecule has 0 bridgehead atoms. The number of ether oxygens (including phenoxy) is 1. The van der Waals surface area contributed by atoms with Crippen molar-refractivity contribution in [2.45, 2.75) is 38.0 Å². The highest BCUT2D eigenvalue weighted by atomic mass is 19.4.